The molecule has 1 aromatic rings. The first-order chi connectivity index (χ1) is 9.26. The normalized spacial score (nSPS) is 20.4. The van der Waals surface area contributed by atoms with Gasteiger partial charge < -0.3 is 10.0 Å². The molecular formula is C17H25NO. The minimum absolute atomic E-state index is 0.421. The lowest BCUT2D eigenvalue weighted by Gasteiger charge is -2.33. The molecule has 2 nitrogen and oxygen atoms in total. The minimum Gasteiger partial charge on any atom is -0.508 e. The van der Waals surface area contributed by atoms with E-state index in [-0.39, 0.29) is 0 Å². The van der Waals surface area contributed by atoms with Crippen LogP contribution in [0.4, 0.5) is 0 Å². The average molecular weight is 259 g/mol. The number of nitrogens with zero attached hydrogens (tertiary/aromatic N) is 1. The van der Waals surface area contributed by atoms with Crippen LogP contribution >= 0.6 is 0 Å². The maximum absolute atomic E-state index is 10.1. The summed E-state index contributed by atoms with van der Waals surface area (Å²) in [6.45, 7) is 9.58. The topological polar surface area (TPSA) is 23.5 Å². The molecule has 1 saturated heterocycles. The molecule has 1 heterocycles. The molecule has 1 atom stereocenters. The van der Waals surface area contributed by atoms with E-state index >= 15 is 0 Å². The van der Waals surface area contributed by atoms with Crippen molar-refractivity contribution in [3.63, 3.8) is 0 Å². The van der Waals surface area contributed by atoms with E-state index in [4.69, 9.17) is 0 Å². The Morgan fingerprint density at radius 3 is 3.05 bits per heavy atom. The van der Waals surface area contributed by atoms with Crippen molar-refractivity contribution in [2.45, 2.75) is 38.5 Å². The smallest absolute Gasteiger partial charge is 0.119 e. The van der Waals surface area contributed by atoms with E-state index in [9.17, 15) is 5.11 Å². The first kappa shape index (κ1) is 14.1. The zero-order valence-electron chi connectivity index (χ0n) is 11.9. The predicted octanol–water partition coefficient (Wildman–Crippen LogP) is 3.71. The molecule has 2 rings (SSSR count). The maximum Gasteiger partial charge on any atom is 0.119 e. The average Bonchev–Trinajstić information content (AvgIpc) is 2.42. The van der Waals surface area contributed by atoms with Gasteiger partial charge in [-0.2, -0.15) is 0 Å². The van der Waals surface area contributed by atoms with Gasteiger partial charge in [0.05, 0.1) is 0 Å². The van der Waals surface area contributed by atoms with Crippen LogP contribution < -0.4 is 0 Å². The van der Waals surface area contributed by atoms with Gasteiger partial charge in [-0.15, -0.1) is 6.58 Å². The summed E-state index contributed by atoms with van der Waals surface area (Å²) in [4.78, 5) is 2.55. The number of phenolic OH excluding ortho intramolecular Hbond substituents is 1. The summed E-state index contributed by atoms with van der Waals surface area (Å²) < 4.78 is 0. The number of likely N-dealkylation sites (tertiary alicyclic amines) is 1. The highest BCUT2D eigenvalue weighted by molar-refractivity contribution is 5.42. The van der Waals surface area contributed by atoms with Crippen molar-refractivity contribution >= 4 is 0 Å². The van der Waals surface area contributed by atoms with Gasteiger partial charge >= 0.3 is 0 Å². The fraction of sp³-hybridized carbons (Fsp3) is 0.529. The van der Waals surface area contributed by atoms with Crippen LogP contribution in [0.2, 0.25) is 0 Å². The number of hydrogen-bond acceptors (Lipinski definition) is 2. The molecule has 0 amide bonds. The van der Waals surface area contributed by atoms with Gasteiger partial charge in [-0.05, 0) is 56.3 Å². The first-order valence-electron chi connectivity index (χ1n) is 7.40. The van der Waals surface area contributed by atoms with Gasteiger partial charge in [-0.3, -0.25) is 0 Å². The summed E-state index contributed by atoms with van der Waals surface area (Å²) >= 11 is 0. The van der Waals surface area contributed by atoms with E-state index in [1.54, 1.807) is 6.07 Å². The molecule has 0 bridgehead atoms. The lowest BCUT2D eigenvalue weighted by molar-refractivity contribution is 0.208. The summed E-state index contributed by atoms with van der Waals surface area (Å²) in [6.07, 6.45) is 6.34. The molecule has 19 heavy (non-hydrogen) atoms. The first-order valence-corrected chi connectivity index (χ1v) is 7.40. The number of phenols is 1. The van der Waals surface area contributed by atoms with Gasteiger partial charge in [0.25, 0.3) is 0 Å². The lowest BCUT2D eigenvalue weighted by Crippen LogP contribution is -2.35. The van der Waals surface area contributed by atoms with E-state index in [0.717, 1.165) is 18.5 Å². The summed E-state index contributed by atoms with van der Waals surface area (Å²) in [5.41, 5.74) is 2.39. The zero-order valence-corrected chi connectivity index (χ0v) is 11.9. The number of aromatic hydroxyl groups is 1. The Labute approximate surface area is 116 Å². The third kappa shape index (κ3) is 3.38. The van der Waals surface area contributed by atoms with Gasteiger partial charge in [0.15, 0.2) is 0 Å². The monoisotopic (exact) mass is 259 g/mol. The molecule has 0 radical (unpaired) electrons. The molecule has 104 valence electrons. The van der Waals surface area contributed by atoms with Crippen LogP contribution in [0.25, 0.3) is 0 Å². The Balaban J connectivity index is 2.20. The molecule has 0 aromatic heterocycles. The maximum atomic E-state index is 10.1. The molecule has 1 unspecified atom stereocenters. The second-order valence-electron chi connectivity index (χ2n) is 5.48. The second-order valence-corrected chi connectivity index (χ2v) is 5.48. The van der Waals surface area contributed by atoms with E-state index in [0.29, 0.717) is 11.7 Å². The molecule has 0 saturated carbocycles. The Morgan fingerprint density at radius 2 is 2.32 bits per heavy atom. The van der Waals surface area contributed by atoms with Crippen molar-refractivity contribution in [3.05, 3.63) is 42.0 Å². The van der Waals surface area contributed by atoms with E-state index in [1.165, 1.54) is 37.9 Å². The van der Waals surface area contributed by atoms with Gasteiger partial charge in [-0.1, -0.05) is 25.1 Å². The molecule has 0 spiro atoms. The second kappa shape index (κ2) is 6.76. The number of benzene rings is 1. The summed E-state index contributed by atoms with van der Waals surface area (Å²) in [5, 5.41) is 10.1. The van der Waals surface area contributed by atoms with Gasteiger partial charge in [0.1, 0.15) is 5.75 Å². The minimum atomic E-state index is 0.421. The standard InChI is InChI=1S/C17H25NO/c1-3-7-16-15(9-5-10-17(16)19)14-8-6-12-18(13-14)11-4-2/h3,5,9-10,14,19H,1,4,6-8,11-13H2,2H3. The molecule has 1 aliphatic rings. The highest BCUT2D eigenvalue weighted by Crippen LogP contribution is 2.33. The van der Waals surface area contributed by atoms with E-state index < -0.39 is 0 Å². The summed E-state index contributed by atoms with van der Waals surface area (Å²) in [7, 11) is 0. The van der Waals surface area contributed by atoms with Gasteiger partial charge in [0.2, 0.25) is 0 Å². The number of allylic oxidation sites excluding steroid dienone is 1. The molecule has 1 N–H and O–H groups in total. The fourth-order valence-corrected chi connectivity index (χ4v) is 3.17. The Kier molecular flexibility index (Phi) is 5.03. The van der Waals surface area contributed by atoms with Crippen molar-refractivity contribution in [2.24, 2.45) is 0 Å². The Morgan fingerprint density at radius 1 is 1.47 bits per heavy atom. The lowest BCUT2D eigenvalue weighted by atomic mass is 9.86. The number of rotatable bonds is 5. The van der Waals surface area contributed by atoms with Crippen molar-refractivity contribution in [1.82, 2.24) is 4.90 Å². The van der Waals surface area contributed by atoms with Crippen LogP contribution in [0.15, 0.2) is 30.9 Å². The summed E-state index contributed by atoms with van der Waals surface area (Å²) in [6, 6.07) is 5.93. The molecule has 2 heteroatoms. The van der Waals surface area contributed by atoms with Crippen LogP contribution in [-0.4, -0.2) is 29.6 Å². The van der Waals surface area contributed by atoms with Crippen LogP contribution in [0, 0.1) is 0 Å². The number of hydrogen-bond donors (Lipinski definition) is 1. The van der Waals surface area contributed by atoms with Gasteiger partial charge in [-0.25, -0.2) is 0 Å². The molecule has 1 aromatic carbocycles. The van der Waals surface area contributed by atoms with Crippen LogP contribution in [0.1, 0.15) is 43.2 Å². The Hall–Kier alpha value is -1.28. The summed E-state index contributed by atoms with van der Waals surface area (Å²) in [5.74, 6) is 0.979. The van der Waals surface area contributed by atoms with Crippen molar-refractivity contribution in [3.8, 4) is 5.75 Å². The number of piperidine rings is 1. The largest absolute Gasteiger partial charge is 0.508 e. The van der Waals surface area contributed by atoms with Crippen LogP contribution in [0.5, 0.6) is 5.75 Å². The quantitative estimate of drug-likeness (QED) is 0.815. The molecule has 1 aliphatic heterocycles. The zero-order chi connectivity index (χ0) is 13.7. The van der Waals surface area contributed by atoms with Crippen molar-refractivity contribution < 1.29 is 5.11 Å². The van der Waals surface area contributed by atoms with Gasteiger partial charge in [0, 0.05) is 12.1 Å². The van der Waals surface area contributed by atoms with Crippen LogP contribution in [-0.2, 0) is 6.42 Å². The molecular weight excluding hydrogens is 234 g/mol. The highest BCUT2D eigenvalue weighted by Gasteiger charge is 2.23. The van der Waals surface area contributed by atoms with Crippen LogP contribution in [0.3, 0.4) is 0 Å². The third-order valence-corrected chi connectivity index (χ3v) is 4.02. The third-order valence-electron chi connectivity index (χ3n) is 4.02. The van der Waals surface area contributed by atoms with E-state index in [1.807, 2.05) is 12.1 Å². The SMILES string of the molecule is C=CCc1c(O)cccc1C1CCCN(CCC)C1. The molecule has 0 aliphatic carbocycles. The van der Waals surface area contributed by atoms with Crippen molar-refractivity contribution in [1.29, 1.82) is 0 Å². The van der Waals surface area contributed by atoms with E-state index in [2.05, 4.69) is 24.5 Å². The predicted molar refractivity (Wildman–Crippen MR) is 80.7 cm³/mol. The van der Waals surface area contributed by atoms with Crippen molar-refractivity contribution in [2.75, 3.05) is 19.6 Å². The highest BCUT2D eigenvalue weighted by atomic mass is 16.3. The molecule has 1 fully saturated rings. The Bertz CT molecular complexity index is 425. The fourth-order valence-electron chi connectivity index (χ4n) is 3.17.